The second-order valence-electron chi connectivity index (χ2n) is 4.89. The molecule has 128 valence electrons. The van der Waals surface area contributed by atoms with Crippen LogP contribution in [0.3, 0.4) is 0 Å². The predicted molar refractivity (Wildman–Crippen MR) is 91.5 cm³/mol. The molecule has 1 heterocycles. The lowest BCUT2D eigenvalue weighted by molar-refractivity contribution is -0.118. The number of thioether (sulfide) groups is 1. The normalized spacial score (nSPS) is 10.5. The minimum Gasteiger partial charge on any atom is -0.481 e. The Hall–Kier alpha value is -2.94. The average Bonchev–Trinajstić information content (AvgIpc) is 3.10. The molecule has 0 bridgehead atoms. The molecule has 0 saturated carbocycles. The van der Waals surface area contributed by atoms with Crippen LogP contribution < -0.4 is 10.1 Å². The Labute approximate surface area is 147 Å². The molecule has 0 fully saturated rings. The molecule has 1 N–H and O–H groups in total. The molecule has 0 atom stereocenters. The predicted octanol–water partition coefficient (Wildman–Crippen LogP) is 2.54. The van der Waals surface area contributed by atoms with Gasteiger partial charge in [0, 0.05) is 5.69 Å². The van der Waals surface area contributed by atoms with Crippen LogP contribution in [0.15, 0.2) is 53.7 Å². The van der Waals surface area contributed by atoms with Gasteiger partial charge in [-0.3, -0.25) is 4.79 Å². The molecular formula is C16H14FN5O2S. The van der Waals surface area contributed by atoms with Gasteiger partial charge in [-0.15, -0.1) is 5.10 Å². The van der Waals surface area contributed by atoms with Crippen molar-refractivity contribution in [3.63, 3.8) is 0 Å². The number of anilines is 1. The van der Waals surface area contributed by atoms with E-state index in [9.17, 15) is 9.18 Å². The summed E-state index contributed by atoms with van der Waals surface area (Å²) in [5.41, 5.74) is 1.27. The van der Waals surface area contributed by atoms with Crippen LogP contribution in [0.25, 0.3) is 5.69 Å². The Morgan fingerprint density at radius 2 is 2.12 bits per heavy atom. The number of halogens is 1. The summed E-state index contributed by atoms with van der Waals surface area (Å²) >= 11 is 1.41. The molecule has 7 nitrogen and oxygen atoms in total. The van der Waals surface area contributed by atoms with E-state index in [1.54, 1.807) is 35.0 Å². The van der Waals surface area contributed by atoms with Gasteiger partial charge in [0.05, 0.1) is 5.69 Å². The SMILES string of the molecule is CSc1nnnn1-c1cccc(NC(=O)COc2ccccc2F)c1. The van der Waals surface area contributed by atoms with Crippen molar-refractivity contribution in [2.75, 3.05) is 18.2 Å². The third-order valence-corrected chi connectivity index (χ3v) is 3.81. The van der Waals surface area contributed by atoms with E-state index < -0.39 is 11.7 Å². The quantitative estimate of drug-likeness (QED) is 0.681. The van der Waals surface area contributed by atoms with Gasteiger partial charge >= 0.3 is 0 Å². The van der Waals surface area contributed by atoms with Crippen molar-refractivity contribution in [2.24, 2.45) is 0 Å². The summed E-state index contributed by atoms with van der Waals surface area (Å²) in [5, 5.41) is 14.8. The number of carbonyl (C=O) groups excluding carboxylic acids is 1. The molecule has 3 aromatic rings. The molecular weight excluding hydrogens is 345 g/mol. The Bertz CT molecular complexity index is 886. The summed E-state index contributed by atoms with van der Waals surface area (Å²) in [6, 6.07) is 13.0. The van der Waals surface area contributed by atoms with Crippen molar-refractivity contribution in [2.45, 2.75) is 5.16 Å². The van der Waals surface area contributed by atoms with Gasteiger partial charge < -0.3 is 10.1 Å². The van der Waals surface area contributed by atoms with E-state index in [2.05, 4.69) is 20.8 Å². The van der Waals surface area contributed by atoms with Gasteiger partial charge in [-0.1, -0.05) is 30.0 Å². The van der Waals surface area contributed by atoms with E-state index in [1.165, 1.54) is 23.9 Å². The van der Waals surface area contributed by atoms with Crippen LogP contribution in [0.4, 0.5) is 10.1 Å². The number of nitrogens with zero attached hydrogens (tertiary/aromatic N) is 4. The Kier molecular flexibility index (Phi) is 5.24. The van der Waals surface area contributed by atoms with Crippen LogP contribution in [0, 0.1) is 5.82 Å². The lowest BCUT2D eigenvalue weighted by atomic mass is 10.3. The van der Waals surface area contributed by atoms with E-state index >= 15 is 0 Å². The Morgan fingerprint density at radius 3 is 2.92 bits per heavy atom. The number of nitrogens with one attached hydrogen (secondary N) is 1. The first kappa shape index (κ1) is 16.9. The highest BCUT2D eigenvalue weighted by molar-refractivity contribution is 7.98. The fourth-order valence-corrected chi connectivity index (χ4v) is 2.52. The highest BCUT2D eigenvalue weighted by Gasteiger charge is 2.10. The molecule has 0 spiro atoms. The molecule has 25 heavy (non-hydrogen) atoms. The van der Waals surface area contributed by atoms with Gasteiger partial charge in [0.15, 0.2) is 18.2 Å². The van der Waals surface area contributed by atoms with Crippen molar-refractivity contribution in [3.05, 3.63) is 54.3 Å². The van der Waals surface area contributed by atoms with Crippen molar-refractivity contribution in [1.29, 1.82) is 0 Å². The Morgan fingerprint density at radius 1 is 1.28 bits per heavy atom. The molecule has 0 aliphatic heterocycles. The molecule has 0 unspecified atom stereocenters. The van der Waals surface area contributed by atoms with E-state index in [0.29, 0.717) is 16.5 Å². The number of amides is 1. The van der Waals surface area contributed by atoms with Crippen LogP contribution in [-0.2, 0) is 4.79 Å². The van der Waals surface area contributed by atoms with Crippen molar-refractivity contribution >= 4 is 23.4 Å². The standard InChI is InChI=1S/C16H14FN5O2S/c1-25-16-19-20-21-22(16)12-6-4-5-11(9-12)18-15(23)10-24-14-8-3-2-7-13(14)17/h2-9H,10H2,1H3,(H,18,23). The maximum Gasteiger partial charge on any atom is 0.262 e. The van der Waals surface area contributed by atoms with Crippen LogP contribution in [0.2, 0.25) is 0 Å². The first-order valence-corrected chi connectivity index (χ1v) is 8.50. The topological polar surface area (TPSA) is 81.9 Å². The number of aromatic nitrogens is 4. The number of hydrogen-bond donors (Lipinski definition) is 1. The van der Waals surface area contributed by atoms with Gasteiger partial charge in [0.2, 0.25) is 5.16 Å². The monoisotopic (exact) mass is 359 g/mol. The van der Waals surface area contributed by atoms with Crippen molar-refractivity contribution < 1.29 is 13.9 Å². The van der Waals surface area contributed by atoms with Crippen molar-refractivity contribution in [1.82, 2.24) is 20.2 Å². The third-order valence-electron chi connectivity index (χ3n) is 3.19. The largest absolute Gasteiger partial charge is 0.481 e. The molecule has 0 saturated heterocycles. The van der Waals surface area contributed by atoms with Crippen LogP contribution in [0.5, 0.6) is 5.75 Å². The first-order chi connectivity index (χ1) is 12.2. The number of ether oxygens (including phenoxy) is 1. The lowest BCUT2D eigenvalue weighted by Gasteiger charge is -2.09. The minimum absolute atomic E-state index is 0.0321. The summed E-state index contributed by atoms with van der Waals surface area (Å²) in [4.78, 5) is 12.0. The molecule has 9 heteroatoms. The average molecular weight is 359 g/mol. The number of carbonyl (C=O) groups is 1. The van der Waals surface area contributed by atoms with Gasteiger partial charge in [-0.05, 0) is 47.0 Å². The summed E-state index contributed by atoms with van der Waals surface area (Å²) < 4.78 is 20.2. The van der Waals surface area contributed by atoms with E-state index in [1.807, 2.05) is 12.3 Å². The molecule has 3 rings (SSSR count). The number of hydrogen-bond acceptors (Lipinski definition) is 6. The minimum atomic E-state index is -0.513. The maximum atomic E-state index is 13.5. The molecule has 1 amide bonds. The number of benzene rings is 2. The summed E-state index contributed by atoms with van der Waals surface area (Å²) in [6.45, 7) is -0.300. The van der Waals surface area contributed by atoms with Crippen LogP contribution in [-0.4, -0.2) is 39.0 Å². The Balaban J connectivity index is 1.66. The summed E-state index contributed by atoms with van der Waals surface area (Å²) in [6.07, 6.45) is 1.87. The fraction of sp³-hybridized carbons (Fsp3) is 0.125. The maximum absolute atomic E-state index is 13.5. The zero-order chi connectivity index (χ0) is 17.6. The van der Waals surface area contributed by atoms with Gasteiger partial charge in [-0.2, -0.15) is 4.68 Å². The lowest BCUT2D eigenvalue weighted by Crippen LogP contribution is -2.20. The first-order valence-electron chi connectivity index (χ1n) is 7.27. The third kappa shape index (κ3) is 4.13. The van der Waals surface area contributed by atoms with Crippen LogP contribution in [0.1, 0.15) is 0 Å². The zero-order valence-corrected chi connectivity index (χ0v) is 14.0. The number of para-hydroxylation sites is 1. The second kappa shape index (κ2) is 7.75. The van der Waals surface area contributed by atoms with Crippen LogP contribution >= 0.6 is 11.8 Å². The summed E-state index contributed by atoms with van der Waals surface area (Å²) in [5.74, 6) is -0.882. The summed E-state index contributed by atoms with van der Waals surface area (Å²) in [7, 11) is 0. The fourth-order valence-electron chi connectivity index (χ4n) is 2.09. The number of tetrazole rings is 1. The highest BCUT2D eigenvalue weighted by Crippen LogP contribution is 2.19. The van der Waals surface area contributed by atoms with Gasteiger partial charge in [-0.25, -0.2) is 4.39 Å². The molecule has 0 radical (unpaired) electrons. The van der Waals surface area contributed by atoms with Gasteiger partial charge in [0.1, 0.15) is 0 Å². The molecule has 0 aliphatic carbocycles. The van der Waals surface area contributed by atoms with Gasteiger partial charge in [0.25, 0.3) is 5.91 Å². The smallest absolute Gasteiger partial charge is 0.262 e. The van der Waals surface area contributed by atoms with Crippen molar-refractivity contribution in [3.8, 4) is 11.4 Å². The highest BCUT2D eigenvalue weighted by atomic mass is 32.2. The van der Waals surface area contributed by atoms with E-state index in [4.69, 9.17) is 4.74 Å². The number of rotatable bonds is 6. The van der Waals surface area contributed by atoms with E-state index in [0.717, 1.165) is 0 Å². The zero-order valence-electron chi connectivity index (χ0n) is 13.2. The molecule has 2 aromatic carbocycles. The second-order valence-corrected chi connectivity index (χ2v) is 5.67. The molecule has 1 aromatic heterocycles. The van der Waals surface area contributed by atoms with E-state index in [-0.39, 0.29) is 12.4 Å². The molecule has 0 aliphatic rings.